The molecule has 3 nitrogen and oxygen atoms in total. The number of hydrogen-bond acceptors (Lipinski definition) is 3. The number of hydrogen-bond donors (Lipinski definition) is 1. The van der Waals surface area contributed by atoms with Gasteiger partial charge in [-0.2, -0.15) is 0 Å². The second kappa shape index (κ2) is 6.28. The number of aromatic nitrogens is 2. The van der Waals surface area contributed by atoms with Gasteiger partial charge in [-0.15, -0.1) is 0 Å². The Balaban J connectivity index is 2.06. The molecule has 0 aliphatic heterocycles. The first-order chi connectivity index (χ1) is 8.74. The summed E-state index contributed by atoms with van der Waals surface area (Å²) >= 11 is 0. The average molecular weight is 247 g/mol. The van der Waals surface area contributed by atoms with Gasteiger partial charge in [0.2, 0.25) is 0 Å². The monoisotopic (exact) mass is 247 g/mol. The fourth-order valence-electron chi connectivity index (χ4n) is 2.54. The molecule has 0 fully saturated rings. The number of rotatable bonds is 5. The molecular weight excluding hydrogens is 222 g/mol. The Morgan fingerprint density at radius 3 is 3.00 bits per heavy atom. The van der Waals surface area contributed by atoms with E-state index in [9.17, 15) is 0 Å². The third-order valence-corrected chi connectivity index (χ3v) is 4.01. The van der Waals surface area contributed by atoms with Crippen LogP contribution in [-0.2, 0) is 12.8 Å². The van der Waals surface area contributed by atoms with Gasteiger partial charge >= 0.3 is 0 Å². The zero-order valence-electron chi connectivity index (χ0n) is 11.9. The van der Waals surface area contributed by atoms with Gasteiger partial charge in [0.05, 0.1) is 0 Å². The van der Waals surface area contributed by atoms with E-state index in [1.54, 1.807) is 0 Å². The molecule has 0 radical (unpaired) electrons. The van der Waals surface area contributed by atoms with Crippen LogP contribution < -0.4 is 5.32 Å². The smallest absolute Gasteiger partial charge is 0.131 e. The maximum atomic E-state index is 4.77. The van der Waals surface area contributed by atoms with Gasteiger partial charge in [-0.05, 0) is 50.3 Å². The van der Waals surface area contributed by atoms with E-state index in [1.807, 2.05) is 0 Å². The molecule has 0 bridgehead atoms. The molecule has 2 rings (SSSR count). The van der Waals surface area contributed by atoms with Crippen molar-refractivity contribution in [1.29, 1.82) is 0 Å². The summed E-state index contributed by atoms with van der Waals surface area (Å²) < 4.78 is 0. The van der Waals surface area contributed by atoms with E-state index in [0.717, 1.165) is 44.1 Å². The van der Waals surface area contributed by atoms with Crippen LogP contribution in [0.3, 0.4) is 0 Å². The molecule has 1 N–H and O–H groups in total. The highest BCUT2D eigenvalue weighted by atomic mass is 14.9. The molecular formula is C15H25N3. The number of aryl methyl sites for hydroxylation is 1. The van der Waals surface area contributed by atoms with E-state index in [1.165, 1.54) is 17.7 Å². The molecule has 0 spiro atoms. The van der Waals surface area contributed by atoms with Gasteiger partial charge in [0.1, 0.15) is 5.82 Å². The van der Waals surface area contributed by atoms with Crippen molar-refractivity contribution in [3.8, 4) is 0 Å². The van der Waals surface area contributed by atoms with Crippen molar-refractivity contribution < 1.29 is 0 Å². The van der Waals surface area contributed by atoms with Gasteiger partial charge in [-0.1, -0.05) is 20.8 Å². The first-order valence-electron chi connectivity index (χ1n) is 7.30. The lowest BCUT2D eigenvalue weighted by molar-refractivity contribution is 0.422. The van der Waals surface area contributed by atoms with Crippen molar-refractivity contribution in [2.24, 2.45) is 5.92 Å². The van der Waals surface area contributed by atoms with Crippen LogP contribution in [0, 0.1) is 5.92 Å². The van der Waals surface area contributed by atoms with Gasteiger partial charge in [-0.25, -0.2) is 9.97 Å². The molecule has 1 aliphatic rings. The summed E-state index contributed by atoms with van der Waals surface area (Å²) in [6.45, 7) is 8.76. The summed E-state index contributed by atoms with van der Waals surface area (Å²) in [6, 6.07) is 0. The van der Waals surface area contributed by atoms with Crippen LogP contribution in [0.5, 0.6) is 0 Å². The van der Waals surface area contributed by atoms with Crippen LogP contribution in [0.15, 0.2) is 6.20 Å². The summed E-state index contributed by atoms with van der Waals surface area (Å²) in [5, 5.41) is 3.45. The Kier molecular flexibility index (Phi) is 4.70. The second-order valence-electron chi connectivity index (χ2n) is 5.43. The SMILES string of the molecule is CCNCC1CCc2nc(C(C)CC)ncc2C1. The molecule has 100 valence electrons. The van der Waals surface area contributed by atoms with Crippen molar-refractivity contribution in [1.82, 2.24) is 15.3 Å². The van der Waals surface area contributed by atoms with Crippen LogP contribution >= 0.6 is 0 Å². The lowest BCUT2D eigenvalue weighted by Crippen LogP contribution is -2.28. The Bertz CT molecular complexity index is 389. The normalized spacial score (nSPS) is 20.5. The molecule has 1 aliphatic carbocycles. The summed E-state index contributed by atoms with van der Waals surface area (Å²) in [6.07, 6.45) is 6.71. The minimum atomic E-state index is 0.481. The maximum absolute atomic E-state index is 4.77. The van der Waals surface area contributed by atoms with E-state index < -0.39 is 0 Å². The van der Waals surface area contributed by atoms with Crippen molar-refractivity contribution in [3.63, 3.8) is 0 Å². The Hall–Kier alpha value is -0.960. The fourth-order valence-corrected chi connectivity index (χ4v) is 2.54. The van der Waals surface area contributed by atoms with Crippen LogP contribution in [-0.4, -0.2) is 23.1 Å². The molecule has 1 aromatic heterocycles. The molecule has 1 aromatic rings. The van der Waals surface area contributed by atoms with E-state index in [-0.39, 0.29) is 0 Å². The number of nitrogens with one attached hydrogen (secondary N) is 1. The first-order valence-corrected chi connectivity index (χ1v) is 7.30. The second-order valence-corrected chi connectivity index (χ2v) is 5.43. The van der Waals surface area contributed by atoms with Crippen LogP contribution in [0.1, 0.15) is 56.6 Å². The van der Waals surface area contributed by atoms with Gasteiger partial charge in [0.15, 0.2) is 0 Å². The Morgan fingerprint density at radius 1 is 1.44 bits per heavy atom. The Labute approximate surface area is 110 Å². The van der Waals surface area contributed by atoms with Crippen molar-refractivity contribution in [2.45, 2.75) is 52.4 Å². The molecule has 0 saturated heterocycles. The predicted molar refractivity (Wildman–Crippen MR) is 74.8 cm³/mol. The maximum Gasteiger partial charge on any atom is 0.131 e. The lowest BCUT2D eigenvalue weighted by atomic mass is 9.87. The molecule has 2 atom stereocenters. The van der Waals surface area contributed by atoms with Gasteiger partial charge in [0.25, 0.3) is 0 Å². The highest BCUT2D eigenvalue weighted by molar-refractivity contribution is 5.22. The van der Waals surface area contributed by atoms with E-state index in [4.69, 9.17) is 4.98 Å². The Morgan fingerprint density at radius 2 is 2.28 bits per heavy atom. The molecule has 18 heavy (non-hydrogen) atoms. The molecule has 0 saturated carbocycles. The zero-order chi connectivity index (χ0) is 13.0. The van der Waals surface area contributed by atoms with Crippen molar-refractivity contribution >= 4 is 0 Å². The summed E-state index contributed by atoms with van der Waals surface area (Å²) in [5.41, 5.74) is 2.67. The van der Waals surface area contributed by atoms with Crippen LogP contribution in [0.2, 0.25) is 0 Å². The van der Waals surface area contributed by atoms with Crippen molar-refractivity contribution in [2.75, 3.05) is 13.1 Å². The largest absolute Gasteiger partial charge is 0.317 e. The highest BCUT2D eigenvalue weighted by Gasteiger charge is 2.20. The predicted octanol–water partition coefficient (Wildman–Crippen LogP) is 2.70. The standard InChI is InChI=1S/C15H25N3/c1-4-11(3)15-17-10-13-8-12(9-16-5-2)6-7-14(13)18-15/h10-12,16H,4-9H2,1-3H3. The number of nitrogens with zero attached hydrogens (tertiary/aromatic N) is 2. The van der Waals surface area contributed by atoms with E-state index >= 15 is 0 Å². The summed E-state index contributed by atoms with van der Waals surface area (Å²) in [4.78, 5) is 9.31. The van der Waals surface area contributed by atoms with Crippen LogP contribution in [0.4, 0.5) is 0 Å². The third kappa shape index (κ3) is 3.08. The highest BCUT2D eigenvalue weighted by Crippen LogP contribution is 2.25. The molecule has 0 amide bonds. The van der Waals surface area contributed by atoms with E-state index in [0.29, 0.717) is 5.92 Å². The topological polar surface area (TPSA) is 37.8 Å². The molecule has 0 aromatic carbocycles. The van der Waals surface area contributed by atoms with Gasteiger partial charge < -0.3 is 5.32 Å². The number of fused-ring (bicyclic) bond motifs is 1. The average Bonchev–Trinajstić information content (AvgIpc) is 2.43. The summed E-state index contributed by atoms with van der Waals surface area (Å²) in [5.74, 6) is 2.27. The molecule has 3 heteroatoms. The minimum Gasteiger partial charge on any atom is -0.317 e. The zero-order valence-corrected chi connectivity index (χ0v) is 11.9. The van der Waals surface area contributed by atoms with Crippen LogP contribution in [0.25, 0.3) is 0 Å². The first kappa shape index (κ1) is 13.5. The van der Waals surface area contributed by atoms with Crippen molar-refractivity contribution in [3.05, 3.63) is 23.3 Å². The molecule has 2 unspecified atom stereocenters. The third-order valence-electron chi connectivity index (χ3n) is 4.01. The molecule has 1 heterocycles. The lowest BCUT2D eigenvalue weighted by Gasteiger charge is -2.24. The van der Waals surface area contributed by atoms with Gasteiger partial charge in [-0.3, -0.25) is 0 Å². The summed E-state index contributed by atoms with van der Waals surface area (Å²) in [7, 11) is 0. The quantitative estimate of drug-likeness (QED) is 0.869. The van der Waals surface area contributed by atoms with Gasteiger partial charge in [0, 0.05) is 17.8 Å². The minimum absolute atomic E-state index is 0.481. The fraction of sp³-hybridized carbons (Fsp3) is 0.733. The van der Waals surface area contributed by atoms with E-state index in [2.05, 4.69) is 37.3 Å².